The third kappa shape index (κ3) is 3.07. The number of piperidine rings is 1. The zero-order valence-electron chi connectivity index (χ0n) is 10.7. The van der Waals surface area contributed by atoms with Gasteiger partial charge in [-0.3, -0.25) is 9.59 Å². The van der Waals surface area contributed by atoms with E-state index in [2.05, 4.69) is 4.98 Å². The largest absolute Gasteiger partial charge is 0.481 e. The summed E-state index contributed by atoms with van der Waals surface area (Å²) >= 11 is 1.44. The second-order valence-electron chi connectivity index (χ2n) is 4.46. The van der Waals surface area contributed by atoms with Crippen molar-refractivity contribution >= 4 is 23.6 Å². The van der Waals surface area contributed by atoms with Gasteiger partial charge in [-0.15, -0.1) is 11.8 Å². The highest BCUT2D eigenvalue weighted by molar-refractivity contribution is 7.98. The van der Waals surface area contributed by atoms with Crippen molar-refractivity contribution in [2.75, 3.05) is 19.3 Å². The number of hydrogen-bond acceptors (Lipinski definition) is 4. The third-order valence-electron chi connectivity index (χ3n) is 3.33. The smallest absolute Gasteiger partial charge is 0.306 e. The molecule has 1 aromatic rings. The number of carbonyl (C=O) groups is 2. The molecule has 0 aromatic carbocycles. The van der Waals surface area contributed by atoms with Crippen LogP contribution in [0.25, 0.3) is 0 Å². The monoisotopic (exact) mass is 280 g/mol. The Bertz CT molecular complexity index is 485. The molecule has 0 bridgehead atoms. The van der Waals surface area contributed by atoms with Crippen LogP contribution >= 0.6 is 11.8 Å². The maximum Gasteiger partial charge on any atom is 0.306 e. The fraction of sp³-hybridized carbons (Fsp3) is 0.462. The van der Waals surface area contributed by atoms with E-state index in [0.717, 1.165) is 0 Å². The molecule has 19 heavy (non-hydrogen) atoms. The molecule has 0 atom stereocenters. The highest BCUT2D eigenvalue weighted by Crippen LogP contribution is 2.22. The predicted octanol–water partition coefficient (Wildman–Crippen LogP) is 1.74. The summed E-state index contributed by atoms with van der Waals surface area (Å²) in [6.45, 7) is 0.997. The molecule has 0 radical (unpaired) electrons. The molecule has 2 heterocycles. The van der Waals surface area contributed by atoms with Gasteiger partial charge < -0.3 is 10.0 Å². The highest BCUT2D eigenvalue weighted by Gasteiger charge is 2.28. The van der Waals surface area contributed by atoms with Gasteiger partial charge >= 0.3 is 5.97 Å². The summed E-state index contributed by atoms with van der Waals surface area (Å²) in [5.41, 5.74) is 0.601. The van der Waals surface area contributed by atoms with Crippen LogP contribution in [0, 0.1) is 5.92 Å². The minimum absolute atomic E-state index is 0.0544. The number of carboxylic acids is 1. The van der Waals surface area contributed by atoms with E-state index in [4.69, 9.17) is 5.11 Å². The maximum absolute atomic E-state index is 12.4. The molecule has 1 saturated heterocycles. The number of likely N-dealkylation sites (tertiary alicyclic amines) is 1. The van der Waals surface area contributed by atoms with Crippen molar-refractivity contribution < 1.29 is 14.7 Å². The molecule has 1 amide bonds. The Morgan fingerprint density at radius 1 is 1.42 bits per heavy atom. The van der Waals surface area contributed by atoms with Gasteiger partial charge in [0.15, 0.2) is 0 Å². The summed E-state index contributed by atoms with van der Waals surface area (Å²) in [6, 6.07) is 3.52. The molecular formula is C13H16N2O3S. The zero-order valence-corrected chi connectivity index (χ0v) is 11.5. The van der Waals surface area contributed by atoms with Crippen LogP contribution in [0.2, 0.25) is 0 Å². The van der Waals surface area contributed by atoms with Crippen LogP contribution in [0.3, 0.4) is 0 Å². The molecule has 1 aliphatic rings. The Kier molecular flexibility index (Phi) is 4.42. The second-order valence-corrected chi connectivity index (χ2v) is 5.26. The minimum atomic E-state index is -0.765. The molecule has 0 saturated carbocycles. The molecule has 102 valence electrons. The third-order valence-corrected chi connectivity index (χ3v) is 4.04. The Labute approximate surface area is 116 Å². The number of thioether (sulfide) groups is 1. The molecule has 0 aliphatic carbocycles. The lowest BCUT2D eigenvalue weighted by molar-refractivity contribution is -0.143. The van der Waals surface area contributed by atoms with Gasteiger partial charge in [-0.2, -0.15) is 0 Å². The first kappa shape index (κ1) is 13.9. The summed E-state index contributed by atoms with van der Waals surface area (Å²) in [4.78, 5) is 29.2. The lowest BCUT2D eigenvalue weighted by atomic mass is 9.97. The van der Waals surface area contributed by atoms with Crippen LogP contribution in [0.1, 0.15) is 23.2 Å². The van der Waals surface area contributed by atoms with Crippen molar-refractivity contribution in [1.29, 1.82) is 0 Å². The molecule has 0 spiro atoms. The van der Waals surface area contributed by atoms with E-state index in [1.165, 1.54) is 11.8 Å². The standard InChI is InChI=1S/C13H16N2O3S/c1-19-11-10(3-2-6-14-11)12(16)15-7-4-9(5-8-15)13(17)18/h2-3,6,9H,4-5,7-8H2,1H3,(H,17,18). The van der Waals surface area contributed by atoms with E-state index < -0.39 is 5.97 Å². The summed E-state index contributed by atoms with van der Waals surface area (Å²) in [5.74, 6) is -1.14. The minimum Gasteiger partial charge on any atom is -0.481 e. The Balaban J connectivity index is 2.07. The van der Waals surface area contributed by atoms with Gasteiger partial charge in [0.2, 0.25) is 0 Å². The number of rotatable bonds is 3. The van der Waals surface area contributed by atoms with E-state index in [1.807, 2.05) is 6.26 Å². The number of hydrogen-bond donors (Lipinski definition) is 1. The van der Waals surface area contributed by atoms with Crippen LogP contribution < -0.4 is 0 Å². The number of amides is 1. The van der Waals surface area contributed by atoms with Crippen molar-refractivity contribution in [3.63, 3.8) is 0 Å². The quantitative estimate of drug-likeness (QED) is 0.854. The van der Waals surface area contributed by atoms with Gasteiger partial charge in [0, 0.05) is 19.3 Å². The summed E-state index contributed by atoms with van der Waals surface area (Å²) in [7, 11) is 0. The maximum atomic E-state index is 12.4. The highest BCUT2D eigenvalue weighted by atomic mass is 32.2. The van der Waals surface area contributed by atoms with E-state index in [1.54, 1.807) is 23.2 Å². The fourth-order valence-electron chi connectivity index (χ4n) is 2.22. The first-order chi connectivity index (χ1) is 9.13. The van der Waals surface area contributed by atoms with Gasteiger partial charge in [0.1, 0.15) is 5.03 Å². The van der Waals surface area contributed by atoms with Gasteiger partial charge in [-0.05, 0) is 31.2 Å². The van der Waals surface area contributed by atoms with Crippen LogP contribution in [0.4, 0.5) is 0 Å². The zero-order chi connectivity index (χ0) is 13.8. The predicted molar refractivity (Wildman–Crippen MR) is 72.3 cm³/mol. The van der Waals surface area contributed by atoms with Gasteiger partial charge in [-0.1, -0.05) is 0 Å². The molecule has 1 fully saturated rings. The van der Waals surface area contributed by atoms with Crippen molar-refractivity contribution in [3.05, 3.63) is 23.9 Å². The lowest BCUT2D eigenvalue weighted by Gasteiger charge is -2.30. The molecule has 6 heteroatoms. The SMILES string of the molecule is CSc1ncccc1C(=O)N1CCC(C(=O)O)CC1. The first-order valence-electron chi connectivity index (χ1n) is 6.14. The molecule has 1 aromatic heterocycles. The molecule has 5 nitrogen and oxygen atoms in total. The average Bonchev–Trinajstić information content (AvgIpc) is 2.46. The van der Waals surface area contributed by atoms with E-state index in [9.17, 15) is 9.59 Å². The van der Waals surface area contributed by atoms with Gasteiger partial charge in [0.25, 0.3) is 5.91 Å². The molecule has 1 aliphatic heterocycles. The van der Waals surface area contributed by atoms with E-state index >= 15 is 0 Å². The molecule has 0 unspecified atom stereocenters. The van der Waals surface area contributed by atoms with Crippen molar-refractivity contribution in [1.82, 2.24) is 9.88 Å². The van der Waals surface area contributed by atoms with Crippen molar-refractivity contribution in [2.24, 2.45) is 5.92 Å². The van der Waals surface area contributed by atoms with E-state index in [0.29, 0.717) is 36.5 Å². The average molecular weight is 280 g/mol. The van der Waals surface area contributed by atoms with E-state index in [-0.39, 0.29) is 11.8 Å². The Morgan fingerprint density at radius 3 is 2.68 bits per heavy atom. The first-order valence-corrected chi connectivity index (χ1v) is 7.37. The van der Waals surface area contributed by atoms with Gasteiger partial charge in [0.05, 0.1) is 11.5 Å². The van der Waals surface area contributed by atoms with Crippen LogP contribution in [-0.2, 0) is 4.79 Å². The topological polar surface area (TPSA) is 70.5 Å². The van der Waals surface area contributed by atoms with Crippen molar-refractivity contribution in [3.8, 4) is 0 Å². The fourth-order valence-corrected chi connectivity index (χ4v) is 2.76. The molecule has 2 rings (SSSR count). The lowest BCUT2D eigenvalue weighted by Crippen LogP contribution is -2.40. The normalized spacial score (nSPS) is 16.4. The van der Waals surface area contributed by atoms with Crippen LogP contribution in [0.5, 0.6) is 0 Å². The van der Waals surface area contributed by atoms with Gasteiger partial charge in [-0.25, -0.2) is 4.98 Å². The summed E-state index contributed by atoms with van der Waals surface area (Å²) in [5, 5.41) is 9.66. The number of pyridine rings is 1. The second kappa shape index (κ2) is 6.06. The Morgan fingerprint density at radius 2 is 2.11 bits per heavy atom. The Hall–Kier alpha value is -1.56. The molecule has 1 N–H and O–H groups in total. The summed E-state index contributed by atoms with van der Waals surface area (Å²) < 4.78 is 0. The summed E-state index contributed by atoms with van der Waals surface area (Å²) in [6.07, 6.45) is 4.60. The van der Waals surface area contributed by atoms with Crippen LogP contribution in [-0.4, -0.2) is 46.2 Å². The number of nitrogens with zero attached hydrogens (tertiary/aromatic N) is 2. The van der Waals surface area contributed by atoms with Crippen LogP contribution in [0.15, 0.2) is 23.4 Å². The number of carbonyl (C=O) groups excluding carboxylic acids is 1. The molecular weight excluding hydrogens is 264 g/mol. The number of carboxylic acid groups (broad SMARTS) is 1. The van der Waals surface area contributed by atoms with Crippen molar-refractivity contribution in [2.45, 2.75) is 17.9 Å². The number of aromatic nitrogens is 1. The number of aliphatic carboxylic acids is 1.